The van der Waals surface area contributed by atoms with Crippen molar-refractivity contribution in [1.29, 1.82) is 0 Å². The number of carbonyl (C=O) groups is 3. The third-order valence-electron chi connectivity index (χ3n) is 5.45. The van der Waals surface area contributed by atoms with Crippen molar-refractivity contribution in [3.63, 3.8) is 0 Å². The molecule has 1 heterocycles. The Balaban J connectivity index is 1.44. The maximum atomic E-state index is 13.3. The zero-order valence-corrected chi connectivity index (χ0v) is 23.0. The van der Waals surface area contributed by atoms with Crippen LogP contribution in [0.25, 0.3) is 0 Å². The summed E-state index contributed by atoms with van der Waals surface area (Å²) in [6.45, 7) is 2.05. The number of hydrogen-bond acceptors (Lipinski definition) is 8. The molecule has 1 aromatic heterocycles. The van der Waals surface area contributed by atoms with Crippen molar-refractivity contribution in [2.75, 3.05) is 24.4 Å². The second-order valence-electron chi connectivity index (χ2n) is 8.23. The largest absolute Gasteiger partial charge is 0.497 e. The SMILES string of the molecule is CCOC(=O)Cc1csc(NC(=O)C(Sc2ccc(NC(=O)c3cccc(OC)c3)cc2)c2ccccc2)n1. The van der Waals surface area contributed by atoms with Crippen LogP contribution in [0.3, 0.4) is 0 Å². The van der Waals surface area contributed by atoms with Gasteiger partial charge in [-0.05, 0) is 55.0 Å². The highest BCUT2D eigenvalue weighted by Gasteiger charge is 2.23. The Morgan fingerprint density at radius 1 is 0.974 bits per heavy atom. The lowest BCUT2D eigenvalue weighted by molar-refractivity contribution is -0.142. The highest BCUT2D eigenvalue weighted by Crippen LogP contribution is 2.37. The average molecular weight is 562 g/mol. The molecular formula is C29H27N3O5S2. The molecule has 2 N–H and O–H groups in total. The molecule has 10 heteroatoms. The summed E-state index contributed by atoms with van der Waals surface area (Å²) >= 11 is 2.64. The van der Waals surface area contributed by atoms with E-state index in [9.17, 15) is 14.4 Å². The lowest BCUT2D eigenvalue weighted by Crippen LogP contribution is -2.19. The van der Waals surface area contributed by atoms with Gasteiger partial charge in [0.05, 0.1) is 25.8 Å². The van der Waals surface area contributed by atoms with E-state index in [4.69, 9.17) is 9.47 Å². The molecule has 0 aliphatic carbocycles. The van der Waals surface area contributed by atoms with Crippen molar-refractivity contribution in [1.82, 2.24) is 4.98 Å². The van der Waals surface area contributed by atoms with Gasteiger partial charge in [-0.2, -0.15) is 0 Å². The first-order valence-corrected chi connectivity index (χ1v) is 13.9. The first kappa shape index (κ1) is 27.9. The summed E-state index contributed by atoms with van der Waals surface area (Å²) in [6, 6.07) is 23.7. The van der Waals surface area contributed by atoms with Crippen molar-refractivity contribution in [2.45, 2.75) is 23.5 Å². The fourth-order valence-electron chi connectivity index (χ4n) is 3.60. The van der Waals surface area contributed by atoms with Gasteiger partial charge in [0.2, 0.25) is 5.91 Å². The van der Waals surface area contributed by atoms with Gasteiger partial charge in [-0.1, -0.05) is 36.4 Å². The number of hydrogen-bond donors (Lipinski definition) is 2. The number of methoxy groups -OCH3 is 1. The third-order valence-corrected chi connectivity index (χ3v) is 7.52. The first-order valence-electron chi connectivity index (χ1n) is 12.1. The van der Waals surface area contributed by atoms with Crippen LogP contribution in [0.4, 0.5) is 10.8 Å². The highest BCUT2D eigenvalue weighted by atomic mass is 32.2. The van der Waals surface area contributed by atoms with Gasteiger partial charge in [-0.25, -0.2) is 4.98 Å². The number of esters is 1. The Hall–Kier alpha value is -4.15. The van der Waals surface area contributed by atoms with E-state index in [-0.39, 0.29) is 24.2 Å². The minimum atomic E-state index is -0.555. The molecule has 8 nitrogen and oxygen atoms in total. The summed E-state index contributed by atoms with van der Waals surface area (Å²) in [5, 5.41) is 7.35. The van der Waals surface area contributed by atoms with Crippen LogP contribution >= 0.6 is 23.1 Å². The van der Waals surface area contributed by atoms with E-state index in [2.05, 4.69) is 15.6 Å². The van der Waals surface area contributed by atoms with Gasteiger partial charge in [0.25, 0.3) is 5.91 Å². The normalized spacial score (nSPS) is 11.3. The van der Waals surface area contributed by atoms with Crippen molar-refractivity contribution in [3.8, 4) is 5.75 Å². The predicted octanol–water partition coefficient (Wildman–Crippen LogP) is 5.98. The number of thiazole rings is 1. The number of nitrogens with zero attached hydrogens (tertiary/aromatic N) is 1. The standard InChI is InChI=1S/C29H27N3O5S2/c1-3-37-25(33)17-22-18-38-29(31-22)32-28(35)26(19-8-5-4-6-9-19)39-24-14-12-21(13-15-24)30-27(34)20-10-7-11-23(16-20)36-2/h4-16,18,26H,3,17H2,1-2H3,(H,30,34)(H,31,32,35). The van der Waals surface area contributed by atoms with E-state index in [0.29, 0.717) is 34.4 Å². The fourth-order valence-corrected chi connectivity index (χ4v) is 5.34. The van der Waals surface area contributed by atoms with E-state index in [1.807, 2.05) is 42.5 Å². The van der Waals surface area contributed by atoms with Crippen molar-refractivity contribution in [3.05, 3.63) is 101 Å². The predicted molar refractivity (Wildman–Crippen MR) is 154 cm³/mol. The summed E-state index contributed by atoms with van der Waals surface area (Å²) in [4.78, 5) is 42.9. The van der Waals surface area contributed by atoms with E-state index in [0.717, 1.165) is 10.5 Å². The highest BCUT2D eigenvalue weighted by molar-refractivity contribution is 8.00. The van der Waals surface area contributed by atoms with Gasteiger partial charge in [0, 0.05) is 21.5 Å². The van der Waals surface area contributed by atoms with Crippen LogP contribution in [0.2, 0.25) is 0 Å². The summed E-state index contributed by atoms with van der Waals surface area (Å²) < 4.78 is 10.2. The van der Waals surface area contributed by atoms with Crippen molar-refractivity contribution < 1.29 is 23.9 Å². The van der Waals surface area contributed by atoms with Gasteiger partial charge in [-0.3, -0.25) is 14.4 Å². The molecule has 0 spiro atoms. The molecule has 0 aliphatic heterocycles. The molecule has 4 aromatic rings. The van der Waals surface area contributed by atoms with Crippen molar-refractivity contribution >= 4 is 51.7 Å². The molecule has 0 saturated carbocycles. The Bertz CT molecular complexity index is 1420. The van der Waals surface area contributed by atoms with Crippen LogP contribution in [-0.2, 0) is 20.7 Å². The molecule has 0 bridgehead atoms. The molecule has 3 aromatic carbocycles. The lowest BCUT2D eigenvalue weighted by Gasteiger charge is -2.16. The Labute approximate surface area is 234 Å². The Kier molecular flexibility index (Phi) is 9.71. The minimum Gasteiger partial charge on any atom is -0.497 e. The van der Waals surface area contributed by atoms with Crippen molar-refractivity contribution in [2.24, 2.45) is 0 Å². The zero-order valence-electron chi connectivity index (χ0n) is 21.4. The topological polar surface area (TPSA) is 107 Å². The zero-order chi connectivity index (χ0) is 27.6. The van der Waals surface area contributed by atoms with Crippen LogP contribution in [0, 0.1) is 0 Å². The van der Waals surface area contributed by atoms with Crippen LogP contribution in [0.5, 0.6) is 5.75 Å². The Morgan fingerprint density at radius 3 is 2.46 bits per heavy atom. The average Bonchev–Trinajstić information content (AvgIpc) is 3.39. The van der Waals surface area contributed by atoms with Gasteiger partial charge in [0.1, 0.15) is 11.0 Å². The number of ether oxygens (including phenoxy) is 2. The lowest BCUT2D eigenvalue weighted by atomic mass is 10.1. The molecule has 39 heavy (non-hydrogen) atoms. The van der Waals surface area contributed by atoms with Gasteiger partial charge in [0.15, 0.2) is 5.13 Å². The number of nitrogens with one attached hydrogen (secondary N) is 2. The number of benzene rings is 3. The van der Waals surface area contributed by atoms with Crippen LogP contribution < -0.4 is 15.4 Å². The second kappa shape index (κ2) is 13.6. The first-order chi connectivity index (χ1) is 18.9. The maximum Gasteiger partial charge on any atom is 0.311 e. The third kappa shape index (κ3) is 7.92. The second-order valence-corrected chi connectivity index (χ2v) is 10.3. The summed E-state index contributed by atoms with van der Waals surface area (Å²) in [5.74, 6) is -0.241. The smallest absolute Gasteiger partial charge is 0.311 e. The van der Waals surface area contributed by atoms with Gasteiger partial charge < -0.3 is 20.1 Å². The summed E-state index contributed by atoms with van der Waals surface area (Å²) in [6.07, 6.45) is 0.0534. The molecule has 4 rings (SSSR count). The summed E-state index contributed by atoms with van der Waals surface area (Å²) in [7, 11) is 1.55. The number of carbonyl (C=O) groups excluding carboxylic acids is 3. The minimum absolute atomic E-state index is 0.0534. The molecule has 0 aliphatic rings. The molecule has 0 fully saturated rings. The van der Waals surface area contributed by atoms with Gasteiger partial charge in [-0.15, -0.1) is 23.1 Å². The molecule has 1 atom stereocenters. The number of anilines is 2. The fraction of sp³-hybridized carbons (Fsp3) is 0.172. The van der Waals surface area contributed by atoms with Crippen LogP contribution in [0.15, 0.2) is 89.1 Å². The molecule has 2 amide bonds. The number of rotatable bonds is 11. The van der Waals surface area contributed by atoms with Crippen LogP contribution in [-0.4, -0.2) is 36.5 Å². The maximum absolute atomic E-state index is 13.3. The van der Waals surface area contributed by atoms with Gasteiger partial charge >= 0.3 is 5.97 Å². The number of amides is 2. The van der Waals surface area contributed by atoms with E-state index in [1.165, 1.54) is 23.1 Å². The van der Waals surface area contributed by atoms with Crippen LogP contribution in [0.1, 0.15) is 33.8 Å². The summed E-state index contributed by atoms with van der Waals surface area (Å²) in [5.41, 5.74) is 2.49. The van der Waals surface area contributed by atoms with E-state index < -0.39 is 5.25 Å². The van der Waals surface area contributed by atoms with E-state index >= 15 is 0 Å². The monoisotopic (exact) mass is 561 g/mol. The molecule has 1 unspecified atom stereocenters. The quantitative estimate of drug-likeness (QED) is 0.171. The molecule has 0 saturated heterocycles. The molecule has 200 valence electrons. The number of thioether (sulfide) groups is 1. The molecular weight excluding hydrogens is 534 g/mol. The molecule has 0 radical (unpaired) electrons. The number of aromatic nitrogens is 1. The van der Waals surface area contributed by atoms with E-state index in [1.54, 1.807) is 55.8 Å². The Morgan fingerprint density at radius 2 is 1.74 bits per heavy atom.